The highest BCUT2D eigenvalue weighted by molar-refractivity contribution is 5.81. The van der Waals surface area contributed by atoms with Gasteiger partial charge < -0.3 is 15.0 Å². The van der Waals surface area contributed by atoms with Gasteiger partial charge in [-0.05, 0) is 59.0 Å². The fourth-order valence-corrected chi connectivity index (χ4v) is 2.35. The van der Waals surface area contributed by atoms with Gasteiger partial charge in [0.2, 0.25) is 0 Å². The predicted octanol–water partition coefficient (Wildman–Crippen LogP) is 1.97. The molecule has 1 aliphatic rings. The van der Waals surface area contributed by atoms with Crippen molar-refractivity contribution in [3.63, 3.8) is 0 Å². The van der Waals surface area contributed by atoms with Gasteiger partial charge in [0.25, 0.3) is 5.91 Å². The number of amides is 1. The minimum atomic E-state index is -0.461. The number of ether oxygens (including phenoxy) is 1. The summed E-state index contributed by atoms with van der Waals surface area (Å²) >= 11 is 0. The molecule has 0 spiro atoms. The van der Waals surface area contributed by atoms with Crippen LogP contribution in [0, 0.1) is 6.92 Å². The highest BCUT2D eigenvalue weighted by Crippen LogP contribution is 2.14. The normalized spacial score (nSPS) is 18.6. The van der Waals surface area contributed by atoms with Crippen molar-refractivity contribution in [3.8, 4) is 5.75 Å². The van der Waals surface area contributed by atoms with Gasteiger partial charge >= 0.3 is 0 Å². The summed E-state index contributed by atoms with van der Waals surface area (Å²) in [5.41, 5.74) is 1.18. The number of likely N-dealkylation sites (tertiary alicyclic amines) is 1. The largest absolute Gasteiger partial charge is 0.481 e. The van der Waals surface area contributed by atoms with Gasteiger partial charge in [0.15, 0.2) is 6.10 Å². The fourth-order valence-electron chi connectivity index (χ4n) is 2.35. The zero-order valence-corrected chi connectivity index (χ0v) is 12.6. The third kappa shape index (κ3) is 4.23. The SMILES string of the molecule is Cc1ccc(O[C@H](C)C(=O)NC2CCN(C)CC2)cc1. The van der Waals surface area contributed by atoms with Crippen molar-refractivity contribution in [1.82, 2.24) is 10.2 Å². The molecule has 0 radical (unpaired) electrons. The summed E-state index contributed by atoms with van der Waals surface area (Å²) in [4.78, 5) is 14.4. The molecule has 0 aromatic heterocycles. The van der Waals surface area contributed by atoms with Gasteiger partial charge in [-0.2, -0.15) is 0 Å². The monoisotopic (exact) mass is 276 g/mol. The Morgan fingerprint density at radius 1 is 1.30 bits per heavy atom. The fraction of sp³-hybridized carbons (Fsp3) is 0.562. The Labute approximate surface area is 121 Å². The van der Waals surface area contributed by atoms with Crippen LogP contribution in [0.4, 0.5) is 0 Å². The molecule has 4 heteroatoms. The molecule has 20 heavy (non-hydrogen) atoms. The van der Waals surface area contributed by atoms with Crippen LogP contribution in [-0.4, -0.2) is 43.1 Å². The number of aryl methyl sites for hydroxylation is 1. The Hall–Kier alpha value is -1.55. The summed E-state index contributed by atoms with van der Waals surface area (Å²) in [6.07, 6.45) is 1.57. The number of hydrogen-bond acceptors (Lipinski definition) is 3. The average Bonchev–Trinajstić information content (AvgIpc) is 2.44. The van der Waals surface area contributed by atoms with Crippen LogP contribution in [-0.2, 0) is 4.79 Å². The van der Waals surface area contributed by atoms with Crippen molar-refractivity contribution in [1.29, 1.82) is 0 Å². The predicted molar refractivity (Wildman–Crippen MR) is 79.9 cm³/mol. The minimum absolute atomic E-state index is 0.0277. The second-order valence-electron chi connectivity index (χ2n) is 5.66. The zero-order valence-electron chi connectivity index (χ0n) is 12.6. The molecule has 1 fully saturated rings. The third-order valence-electron chi connectivity index (χ3n) is 3.77. The van der Waals surface area contributed by atoms with E-state index < -0.39 is 6.10 Å². The molecule has 1 atom stereocenters. The van der Waals surface area contributed by atoms with Crippen molar-refractivity contribution < 1.29 is 9.53 Å². The van der Waals surface area contributed by atoms with E-state index in [1.807, 2.05) is 31.2 Å². The van der Waals surface area contributed by atoms with Crippen LogP contribution in [0.25, 0.3) is 0 Å². The quantitative estimate of drug-likeness (QED) is 0.914. The van der Waals surface area contributed by atoms with E-state index in [-0.39, 0.29) is 11.9 Å². The molecule has 1 aromatic carbocycles. The number of benzene rings is 1. The summed E-state index contributed by atoms with van der Waals surface area (Å²) in [6.45, 7) is 5.90. The molecule has 110 valence electrons. The first-order chi connectivity index (χ1) is 9.54. The maximum atomic E-state index is 12.1. The maximum absolute atomic E-state index is 12.1. The first kappa shape index (κ1) is 14.9. The molecule has 1 N–H and O–H groups in total. The van der Waals surface area contributed by atoms with E-state index in [2.05, 4.69) is 17.3 Å². The topological polar surface area (TPSA) is 41.6 Å². The van der Waals surface area contributed by atoms with E-state index in [0.717, 1.165) is 31.7 Å². The van der Waals surface area contributed by atoms with Gasteiger partial charge in [-0.1, -0.05) is 17.7 Å². The smallest absolute Gasteiger partial charge is 0.260 e. The molecule has 1 heterocycles. The molecule has 0 aliphatic carbocycles. The lowest BCUT2D eigenvalue weighted by atomic mass is 10.1. The first-order valence-corrected chi connectivity index (χ1v) is 7.27. The van der Waals surface area contributed by atoms with Gasteiger partial charge in [0.1, 0.15) is 5.75 Å². The Balaban J connectivity index is 1.81. The number of piperidine rings is 1. The van der Waals surface area contributed by atoms with Crippen LogP contribution in [0.2, 0.25) is 0 Å². The standard InChI is InChI=1S/C16H24N2O2/c1-12-4-6-15(7-5-12)20-13(2)16(19)17-14-8-10-18(3)11-9-14/h4-7,13-14H,8-11H2,1-3H3,(H,17,19)/t13-/m1/s1. The number of carbonyl (C=O) groups excluding carboxylic acids is 1. The molecule has 1 saturated heterocycles. The number of hydrogen-bond donors (Lipinski definition) is 1. The van der Waals surface area contributed by atoms with Crippen molar-refractivity contribution >= 4 is 5.91 Å². The molecule has 0 saturated carbocycles. The number of nitrogens with one attached hydrogen (secondary N) is 1. The molecule has 1 aliphatic heterocycles. The summed E-state index contributed by atoms with van der Waals surface area (Å²) in [6, 6.07) is 8.04. The zero-order chi connectivity index (χ0) is 14.5. The van der Waals surface area contributed by atoms with Gasteiger partial charge in [0.05, 0.1) is 0 Å². The summed E-state index contributed by atoms with van der Waals surface area (Å²) in [5.74, 6) is 0.710. The van der Waals surface area contributed by atoms with E-state index in [9.17, 15) is 4.79 Å². The number of carbonyl (C=O) groups is 1. The lowest BCUT2D eigenvalue weighted by Crippen LogP contribution is -2.47. The lowest BCUT2D eigenvalue weighted by molar-refractivity contribution is -0.128. The number of rotatable bonds is 4. The van der Waals surface area contributed by atoms with Crippen LogP contribution in [0.15, 0.2) is 24.3 Å². The molecule has 4 nitrogen and oxygen atoms in total. The van der Waals surface area contributed by atoms with Gasteiger partial charge in [-0.15, -0.1) is 0 Å². The van der Waals surface area contributed by atoms with Crippen molar-refractivity contribution in [2.24, 2.45) is 0 Å². The Bertz CT molecular complexity index is 436. The van der Waals surface area contributed by atoms with E-state index in [4.69, 9.17) is 4.74 Å². The highest BCUT2D eigenvalue weighted by atomic mass is 16.5. The van der Waals surface area contributed by atoms with Crippen LogP contribution < -0.4 is 10.1 Å². The lowest BCUT2D eigenvalue weighted by Gasteiger charge is -2.30. The number of nitrogens with zero attached hydrogens (tertiary/aromatic N) is 1. The van der Waals surface area contributed by atoms with Crippen molar-refractivity contribution in [2.45, 2.75) is 38.8 Å². The van der Waals surface area contributed by atoms with Crippen LogP contribution in [0.1, 0.15) is 25.3 Å². The second kappa shape index (κ2) is 6.75. The van der Waals surface area contributed by atoms with E-state index in [1.165, 1.54) is 5.56 Å². The molecular formula is C16H24N2O2. The summed E-state index contributed by atoms with van der Waals surface area (Å²) in [7, 11) is 2.11. The van der Waals surface area contributed by atoms with Crippen LogP contribution in [0.5, 0.6) is 5.75 Å². The molecule has 0 bridgehead atoms. The van der Waals surface area contributed by atoms with Crippen LogP contribution in [0.3, 0.4) is 0 Å². The summed E-state index contributed by atoms with van der Waals surface area (Å²) < 4.78 is 5.67. The summed E-state index contributed by atoms with van der Waals surface area (Å²) in [5, 5.41) is 3.08. The van der Waals surface area contributed by atoms with E-state index in [0.29, 0.717) is 0 Å². The second-order valence-corrected chi connectivity index (χ2v) is 5.66. The Kier molecular flexibility index (Phi) is 5.01. The molecule has 2 rings (SSSR count). The Morgan fingerprint density at radius 2 is 1.90 bits per heavy atom. The van der Waals surface area contributed by atoms with Crippen molar-refractivity contribution in [2.75, 3.05) is 20.1 Å². The van der Waals surface area contributed by atoms with Crippen LogP contribution >= 0.6 is 0 Å². The Morgan fingerprint density at radius 3 is 2.50 bits per heavy atom. The van der Waals surface area contributed by atoms with E-state index in [1.54, 1.807) is 6.92 Å². The minimum Gasteiger partial charge on any atom is -0.481 e. The van der Waals surface area contributed by atoms with Gasteiger partial charge in [-0.3, -0.25) is 4.79 Å². The third-order valence-corrected chi connectivity index (χ3v) is 3.77. The molecule has 1 aromatic rings. The molecular weight excluding hydrogens is 252 g/mol. The van der Waals surface area contributed by atoms with Gasteiger partial charge in [0, 0.05) is 6.04 Å². The van der Waals surface area contributed by atoms with Crippen molar-refractivity contribution in [3.05, 3.63) is 29.8 Å². The molecule has 0 unspecified atom stereocenters. The first-order valence-electron chi connectivity index (χ1n) is 7.27. The van der Waals surface area contributed by atoms with E-state index >= 15 is 0 Å². The van der Waals surface area contributed by atoms with Gasteiger partial charge in [-0.25, -0.2) is 0 Å². The highest BCUT2D eigenvalue weighted by Gasteiger charge is 2.22. The maximum Gasteiger partial charge on any atom is 0.260 e. The molecule has 1 amide bonds. The average molecular weight is 276 g/mol.